The van der Waals surface area contributed by atoms with Crippen molar-refractivity contribution in [3.63, 3.8) is 0 Å². The molecule has 0 saturated carbocycles. The first-order valence-corrected chi connectivity index (χ1v) is 7.09. The summed E-state index contributed by atoms with van der Waals surface area (Å²) in [5, 5.41) is 3.65. The number of aromatic amines is 1. The molecule has 3 rings (SSSR count). The van der Waals surface area contributed by atoms with Crippen LogP contribution in [-0.4, -0.2) is 9.97 Å². The first kappa shape index (κ1) is 13.8. The van der Waals surface area contributed by atoms with Crippen molar-refractivity contribution in [2.24, 2.45) is 0 Å². The van der Waals surface area contributed by atoms with E-state index in [4.69, 9.17) is 0 Å². The number of aromatic nitrogens is 2. The minimum absolute atomic E-state index is 0.169. The Bertz CT molecular complexity index is 863. The number of hydrogen-bond acceptors (Lipinski definition) is 3. The second-order valence-electron chi connectivity index (χ2n) is 4.51. The third-order valence-electron chi connectivity index (χ3n) is 3.04. The molecule has 106 valence electrons. The number of halogens is 2. The van der Waals surface area contributed by atoms with E-state index in [2.05, 4.69) is 31.2 Å². The molecule has 1 aromatic heterocycles. The van der Waals surface area contributed by atoms with E-state index >= 15 is 0 Å². The summed E-state index contributed by atoms with van der Waals surface area (Å²) in [4.78, 5) is 19.0. The molecule has 4 nitrogen and oxygen atoms in total. The standard InChI is InChI=1S/C15H11BrFN3O/c16-11-7-9(5-6-12(11)17)18-8-14-19-13-4-2-1-3-10(13)15(21)20-14/h1-7,18H,8H2,(H,19,20,21). The Morgan fingerprint density at radius 1 is 1.24 bits per heavy atom. The molecule has 0 atom stereocenters. The number of H-pyrrole nitrogens is 1. The van der Waals surface area contributed by atoms with Crippen LogP contribution in [0, 0.1) is 5.82 Å². The van der Waals surface area contributed by atoms with E-state index in [0.717, 1.165) is 5.69 Å². The van der Waals surface area contributed by atoms with Crippen LogP contribution in [0.15, 0.2) is 51.7 Å². The summed E-state index contributed by atoms with van der Waals surface area (Å²) in [6.45, 7) is 0.345. The van der Waals surface area contributed by atoms with Gasteiger partial charge in [-0.05, 0) is 46.3 Å². The minimum atomic E-state index is -0.321. The molecule has 21 heavy (non-hydrogen) atoms. The lowest BCUT2D eigenvalue weighted by molar-refractivity contribution is 0.621. The van der Waals surface area contributed by atoms with Crippen LogP contribution in [-0.2, 0) is 6.54 Å². The van der Waals surface area contributed by atoms with Gasteiger partial charge >= 0.3 is 0 Å². The van der Waals surface area contributed by atoms with Gasteiger partial charge in [0.2, 0.25) is 0 Å². The lowest BCUT2D eigenvalue weighted by atomic mass is 10.2. The molecule has 0 radical (unpaired) electrons. The fraction of sp³-hybridized carbons (Fsp3) is 0.0667. The van der Waals surface area contributed by atoms with Gasteiger partial charge in [0, 0.05) is 5.69 Å². The number of fused-ring (bicyclic) bond motifs is 1. The van der Waals surface area contributed by atoms with Crippen LogP contribution >= 0.6 is 15.9 Å². The van der Waals surface area contributed by atoms with Gasteiger partial charge in [-0.1, -0.05) is 12.1 Å². The van der Waals surface area contributed by atoms with Crippen molar-refractivity contribution >= 4 is 32.5 Å². The SMILES string of the molecule is O=c1[nH]c(CNc2ccc(F)c(Br)c2)nc2ccccc12. The predicted octanol–water partition coefficient (Wildman–Crippen LogP) is 3.44. The highest BCUT2D eigenvalue weighted by molar-refractivity contribution is 9.10. The van der Waals surface area contributed by atoms with Crippen LogP contribution in [0.3, 0.4) is 0 Å². The second kappa shape index (κ2) is 5.65. The van der Waals surface area contributed by atoms with Crippen LogP contribution < -0.4 is 10.9 Å². The Morgan fingerprint density at radius 2 is 2.05 bits per heavy atom. The smallest absolute Gasteiger partial charge is 0.258 e. The van der Waals surface area contributed by atoms with Gasteiger partial charge in [-0.15, -0.1) is 0 Å². The number of hydrogen-bond donors (Lipinski definition) is 2. The molecule has 0 saturated heterocycles. The number of nitrogens with zero attached hydrogens (tertiary/aromatic N) is 1. The molecule has 2 N–H and O–H groups in total. The molecule has 0 aliphatic rings. The third-order valence-corrected chi connectivity index (χ3v) is 3.65. The maximum absolute atomic E-state index is 13.2. The van der Waals surface area contributed by atoms with Crippen molar-refractivity contribution in [3.05, 3.63) is 68.9 Å². The van der Waals surface area contributed by atoms with E-state index in [9.17, 15) is 9.18 Å². The summed E-state index contributed by atoms with van der Waals surface area (Å²) in [6.07, 6.45) is 0. The summed E-state index contributed by atoms with van der Waals surface area (Å²) in [7, 11) is 0. The van der Waals surface area contributed by atoms with Gasteiger partial charge in [0.1, 0.15) is 11.6 Å². The predicted molar refractivity (Wildman–Crippen MR) is 83.8 cm³/mol. The number of benzene rings is 2. The topological polar surface area (TPSA) is 57.8 Å². The summed E-state index contributed by atoms with van der Waals surface area (Å²) < 4.78 is 13.5. The molecule has 0 aliphatic heterocycles. The zero-order valence-corrected chi connectivity index (χ0v) is 12.4. The molecule has 1 heterocycles. The maximum Gasteiger partial charge on any atom is 0.258 e. The van der Waals surface area contributed by atoms with Gasteiger partial charge in [-0.3, -0.25) is 4.79 Å². The van der Waals surface area contributed by atoms with E-state index in [-0.39, 0.29) is 11.4 Å². The average molecular weight is 348 g/mol. The molecule has 6 heteroatoms. The summed E-state index contributed by atoms with van der Waals surface area (Å²) >= 11 is 3.13. The van der Waals surface area contributed by atoms with E-state index in [1.807, 2.05) is 6.07 Å². The Labute approximate surface area is 128 Å². The first-order valence-electron chi connectivity index (χ1n) is 6.30. The highest BCUT2D eigenvalue weighted by atomic mass is 79.9. The van der Waals surface area contributed by atoms with Crippen LogP contribution in [0.5, 0.6) is 0 Å². The van der Waals surface area contributed by atoms with Crippen LogP contribution in [0.1, 0.15) is 5.82 Å². The largest absolute Gasteiger partial charge is 0.378 e. The number of nitrogens with one attached hydrogen (secondary N) is 2. The molecule has 0 amide bonds. The quantitative estimate of drug-likeness (QED) is 0.762. The first-order chi connectivity index (χ1) is 10.1. The number of para-hydroxylation sites is 1. The molecule has 3 aromatic rings. The highest BCUT2D eigenvalue weighted by Gasteiger charge is 2.04. The normalized spacial score (nSPS) is 10.8. The maximum atomic E-state index is 13.2. The molecule has 0 spiro atoms. The third kappa shape index (κ3) is 2.95. The molecule has 0 aliphatic carbocycles. The van der Waals surface area contributed by atoms with E-state index in [1.54, 1.807) is 30.3 Å². The van der Waals surface area contributed by atoms with Crippen molar-refractivity contribution in [2.75, 3.05) is 5.32 Å². The van der Waals surface area contributed by atoms with Gasteiger partial charge < -0.3 is 10.3 Å². The Balaban J connectivity index is 1.85. The zero-order chi connectivity index (χ0) is 14.8. The molecule has 0 fully saturated rings. The van der Waals surface area contributed by atoms with Crippen LogP contribution in [0.2, 0.25) is 0 Å². The van der Waals surface area contributed by atoms with E-state index in [0.29, 0.717) is 27.7 Å². The van der Waals surface area contributed by atoms with Crippen molar-refractivity contribution in [3.8, 4) is 0 Å². The second-order valence-corrected chi connectivity index (χ2v) is 5.37. The zero-order valence-electron chi connectivity index (χ0n) is 10.9. The lowest BCUT2D eigenvalue weighted by Crippen LogP contribution is -2.14. The number of anilines is 1. The van der Waals surface area contributed by atoms with Crippen molar-refractivity contribution < 1.29 is 4.39 Å². The van der Waals surface area contributed by atoms with Crippen molar-refractivity contribution in [2.45, 2.75) is 6.54 Å². The molecule has 2 aromatic carbocycles. The van der Waals surface area contributed by atoms with E-state index < -0.39 is 0 Å². The Morgan fingerprint density at radius 3 is 2.86 bits per heavy atom. The fourth-order valence-corrected chi connectivity index (χ4v) is 2.39. The summed E-state index contributed by atoms with van der Waals surface area (Å²) in [5.41, 5.74) is 1.22. The molecule has 0 bridgehead atoms. The molecular weight excluding hydrogens is 337 g/mol. The lowest BCUT2D eigenvalue weighted by Gasteiger charge is -2.07. The van der Waals surface area contributed by atoms with Gasteiger partial charge in [0.25, 0.3) is 5.56 Å². The fourth-order valence-electron chi connectivity index (χ4n) is 2.01. The Hall–Kier alpha value is -2.21. The minimum Gasteiger partial charge on any atom is -0.378 e. The summed E-state index contributed by atoms with van der Waals surface area (Å²) in [5.74, 6) is 0.205. The van der Waals surface area contributed by atoms with Crippen molar-refractivity contribution in [1.29, 1.82) is 0 Å². The Kier molecular flexibility index (Phi) is 3.70. The van der Waals surface area contributed by atoms with Gasteiger partial charge in [-0.2, -0.15) is 0 Å². The molecular formula is C15H11BrFN3O. The number of rotatable bonds is 3. The summed E-state index contributed by atoms with van der Waals surface area (Å²) in [6, 6.07) is 11.8. The van der Waals surface area contributed by atoms with E-state index in [1.165, 1.54) is 6.07 Å². The average Bonchev–Trinajstić information content (AvgIpc) is 2.49. The van der Waals surface area contributed by atoms with Gasteiger partial charge in [0.15, 0.2) is 0 Å². The molecule has 0 unspecified atom stereocenters. The monoisotopic (exact) mass is 347 g/mol. The highest BCUT2D eigenvalue weighted by Crippen LogP contribution is 2.20. The van der Waals surface area contributed by atoms with Gasteiger partial charge in [0.05, 0.1) is 21.9 Å². The van der Waals surface area contributed by atoms with Crippen LogP contribution in [0.4, 0.5) is 10.1 Å². The van der Waals surface area contributed by atoms with Crippen LogP contribution in [0.25, 0.3) is 10.9 Å². The van der Waals surface area contributed by atoms with Crippen molar-refractivity contribution in [1.82, 2.24) is 9.97 Å². The van der Waals surface area contributed by atoms with Gasteiger partial charge in [-0.25, -0.2) is 9.37 Å².